The molecule has 0 aliphatic rings. The number of carbonyl (C=O) groups is 1. The second-order valence-corrected chi connectivity index (χ2v) is 4.01. The van der Waals surface area contributed by atoms with Crippen molar-refractivity contribution in [3.05, 3.63) is 35.4 Å². The van der Waals surface area contributed by atoms with Gasteiger partial charge in [-0.15, -0.1) is 0 Å². The zero-order valence-corrected chi connectivity index (χ0v) is 12.7. The van der Waals surface area contributed by atoms with Gasteiger partial charge in [-0.1, -0.05) is 52.0 Å². The fraction of sp³-hybridized carbons (Fsp3) is 0.562. The molecule has 0 aliphatic carbocycles. The fourth-order valence-electron chi connectivity index (χ4n) is 1.33. The molecular weight excluding hydrogens is 224 g/mol. The highest BCUT2D eigenvalue weighted by Gasteiger charge is 1.99. The third kappa shape index (κ3) is 10.0. The van der Waals surface area contributed by atoms with Gasteiger partial charge in [0.25, 0.3) is 0 Å². The maximum absolute atomic E-state index is 10.2. The third-order valence-electron chi connectivity index (χ3n) is 2.17. The number of hydrogen-bond acceptors (Lipinski definition) is 2. The number of ether oxygens (including phenoxy) is 1. The van der Waals surface area contributed by atoms with Crippen molar-refractivity contribution < 1.29 is 9.53 Å². The summed E-state index contributed by atoms with van der Waals surface area (Å²) in [7, 11) is 3.25. The number of methoxy groups -OCH3 is 1. The summed E-state index contributed by atoms with van der Waals surface area (Å²) >= 11 is 0. The van der Waals surface area contributed by atoms with E-state index in [0.29, 0.717) is 12.3 Å². The Morgan fingerprint density at radius 2 is 1.78 bits per heavy atom. The smallest absolute Gasteiger partial charge is 0.120 e. The molecule has 0 atom stereocenters. The fourth-order valence-corrected chi connectivity index (χ4v) is 1.33. The summed E-state index contributed by atoms with van der Waals surface area (Å²) in [6.07, 6.45) is 2.47. The lowest BCUT2D eigenvalue weighted by molar-refractivity contribution is -0.107. The Bertz CT molecular complexity index is 293. The molecule has 2 heteroatoms. The van der Waals surface area contributed by atoms with Gasteiger partial charge in [0.2, 0.25) is 0 Å². The van der Waals surface area contributed by atoms with Crippen LogP contribution in [0.2, 0.25) is 0 Å². The summed E-state index contributed by atoms with van der Waals surface area (Å²) < 4.78 is 4.25. The molecule has 0 saturated carbocycles. The molecule has 0 saturated heterocycles. The standard InChI is InChI=1S/C12H16O.C2H6O.C2H6/c1-10(2)12-7-3-5-11(9-12)6-4-8-13;1-3-2;1-2/h3,5,7-10H,4,6H2,1-2H3;1-2H3;1-2H3. The maximum atomic E-state index is 10.2. The van der Waals surface area contributed by atoms with Gasteiger partial charge >= 0.3 is 0 Å². The largest absolute Gasteiger partial charge is 0.388 e. The van der Waals surface area contributed by atoms with Crippen LogP contribution >= 0.6 is 0 Å². The van der Waals surface area contributed by atoms with E-state index >= 15 is 0 Å². The average molecular weight is 252 g/mol. The lowest BCUT2D eigenvalue weighted by atomic mass is 9.99. The Labute approximate surface area is 112 Å². The van der Waals surface area contributed by atoms with Crippen LogP contribution in [0.5, 0.6) is 0 Å². The zero-order chi connectivity index (χ0) is 14.4. The molecule has 104 valence electrons. The highest BCUT2D eigenvalue weighted by molar-refractivity contribution is 5.50. The van der Waals surface area contributed by atoms with E-state index in [1.807, 2.05) is 13.8 Å². The molecule has 0 N–H and O–H groups in total. The molecule has 18 heavy (non-hydrogen) atoms. The van der Waals surface area contributed by atoms with Gasteiger partial charge in [-0.2, -0.15) is 0 Å². The van der Waals surface area contributed by atoms with Gasteiger partial charge in [-0.05, 0) is 23.5 Å². The van der Waals surface area contributed by atoms with Crippen molar-refractivity contribution in [2.75, 3.05) is 14.2 Å². The van der Waals surface area contributed by atoms with Gasteiger partial charge in [0, 0.05) is 20.6 Å². The Kier molecular flexibility index (Phi) is 14.8. The predicted molar refractivity (Wildman–Crippen MR) is 79.2 cm³/mol. The van der Waals surface area contributed by atoms with Crippen LogP contribution < -0.4 is 0 Å². The summed E-state index contributed by atoms with van der Waals surface area (Å²) in [6.45, 7) is 8.36. The number of carbonyl (C=O) groups excluding carboxylic acids is 1. The van der Waals surface area contributed by atoms with E-state index in [1.165, 1.54) is 11.1 Å². The van der Waals surface area contributed by atoms with Crippen LogP contribution in [-0.4, -0.2) is 20.5 Å². The summed E-state index contributed by atoms with van der Waals surface area (Å²) in [4.78, 5) is 10.2. The van der Waals surface area contributed by atoms with Gasteiger partial charge in [0.05, 0.1) is 0 Å². The molecule has 1 rings (SSSR count). The van der Waals surface area contributed by atoms with Crippen LogP contribution in [-0.2, 0) is 16.0 Å². The molecule has 0 aliphatic heterocycles. The van der Waals surface area contributed by atoms with E-state index < -0.39 is 0 Å². The van der Waals surface area contributed by atoms with Gasteiger partial charge in [-0.25, -0.2) is 0 Å². The minimum absolute atomic E-state index is 0.566. The van der Waals surface area contributed by atoms with Gasteiger partial charge in [0.1, 0.15) is 6.29 Å². The molecule has 0 aromatic heterocycles. The molecule has 1 aromatic carbocycles. The van der Waals surface area contributed by atoms with Crippen LogP contribution in [0, 0.1) is 0 Å². The van der Waals surface area contributed by atoms with Crippen LogP contribution in [0.25, 0.3) is 0 Å². The first kappa shape index (κ1) is 19.2. The molecule has 0 unspecified atom stereocenters. The number of rotatable bonds is 4. The lowest BCUT2D eigenvalue weighted by Gasteiger charge is -2.06. The molecule has 2 nitrogen and oxygen atoms in total. The van der Waals surface area contributed by atoms with E-state index in [4.69, 9.17) is 0 Å². The minimum Gasteiger partial charge on any atom is -0.388 e. The Morgan fingerprint density at radius 3 is 2.22 bits per heavy atom. The van der Waals surface area contributed by atoms with Gasteiger partial charge in [0.15, 0.2) is 0 Å². The van der Waals surface area contributed by atoms with Crippen molar-refractivity contribution in [3.63, 3.8) is 0 Å². The molecule has 0 spiro atoms. The first-order valence-electron chi connectivity index (χ1n) is 6.58. The SMILES string of the molecule is CC.CC(C)c1cccc(CCC=O)c1.COC. The molecule has 1 aromatic rings. The summed E-state index contributed by atoms with van der Waals surface area (Å²) in [5.74, 6) is 0.566. The van der Waals surface area contributed by atoms with Crippen molar-refractivity contribution in [2.24, 2.45) is 0 Å². The van der Waals surface area contributed by atoms with E-state index in [2.05, 4.69) is 42.8 Å². The first-order chi connectivity index (χ1) is 8.65. The number of benzene rings is 1. The maximum Gasteiger partial charge on any atom is 0.120 e. The van der Waals surface area contributed by atoms with E-state index in [0.717, 1.165) is 12.7 Å². The van der Waals surface area contributed by atoms with E-state index in [1.54, 1.807) is 14.2 Å². The lowest BCUT2D eigenvalue weighted by Crippen LogP contribution is -1.91. The number of hydrogen-bond donors (Lipinski definition) is 0. The molecule has 0 bridgehead atoms. The van der Waals surface area contributed by atoms with Gasteiger partial charge < -0.3 is 9.53 Å². The Morgan fingerprint density at radius 1 is 1.22 bits per heavy atom. The molecule has 0 fully saturated rings. The molecule has 0 radical (unpaired) electrons. The van der Waals surface area contributed by atoms with Crippen molar-refractivity contribution in [2.45, 2.75) is 46.5 Å². The average Bonchev–Trinajstić information content (AvgIpc) is 2.40. The van der Waals surface area contributed by atoms with Crippen molar-refractivity contribution in [3.8, 4) is 0 Å². The second kappa shape index (κ2) is 13.9. The van der Waals surface area contributed by atoms with Crippen molar-refractivity contribution >= 4 is 6.29 Å². The normalized spacial score (nSPS) is 8.83. The van der Waals surface area contributed by atoms with Crippen molar-refractivity contribution in [1.29, 1.82) is 0 Å². The summed E-state index contributed by atoms with van der Waals surface area (Å²) in [5, 5.41) is 0. The quantitative estimate of drug-likeness (QED) is 0.750. The highest BCUT2D eigenvalue weighted by atomic mass is 16.4. The monoisotopic (exact) mass is 252 g/mol. The van der Waals surface area contributed by atoms with Crippen LogP contribution in [0.1, 0.15) is 51.2 Å². The summed E-state index contributed by atoms with van der Waals surface area (Å²) in [5.41, 5.74) is 2.61. The Hall–Kier alpha value is -1.15. The third-order valence-corrected chi connectivity index (χ3v) is 2.17. The zero-order valence-electron chi connectivity index (χ0n) is 12.7. The van der Waals surface area contributed by atoms with Crippen LogP contribution in [0.3, 0.4) is 0 Å². The molecule has 0 amide bonds. The molecule has 0 heterocycles. The van der Waals surface area contributed by atoms with Gasteiger partial charge in [-0.3, -0.25) is 0 Å². The summed E-state index contributed by atoms with van der Waals surface area (Å²) in [6, 6.07) is 8.47. The predicted octanol–water partition coefficient (Wildman–Crippen LogP) is 4.23. The number of aldehydes is 1. The first-order valence-corrected chi connectivity index (χ1v) is 6.58. The topological polar surface area (TPSA) is 26.3 Å². The van der Waals surface area contributed by atoms with E-state index in [-0.39, 0.29) is 0 Å². The number of aryl methyl sites for hydroxylation is 1. The highest BCUT2D eigenvalue weighted by Crippen LogP contribution is 2.16. The van der Waals surface area contributed by atoms with Crippen LogP contribution in [0.15, 0.2) is 24.3 Å². The Balaban J connectivity index is 0. The van der Waals surface area contributed by atoms with Crippen molar-refractivity contribution in [1.82, 2.24) is 0 Å². The molecular formula is C16H28O2. The van der Waals surface area contributed by atoms with Crippen LogP contribution in [0.4, 0.5) is 0 Å². The van der Waals surface area contributed by atoms with E-state index in [9.17, 15) is 4.79 Å². The second-order valence-electron chi connectivity index (χ2n) is 4.01. The minimum atomic E-state index is 0.566.